The van der Waals surface area contributed by atoms with Gasteiger partial charge in [0.15, 0.2) is 0 Å². The Morgan fingerprint density at radius 2 is 1.73 bits per heavy atom. The van der Waals surface area contributed by atoms with Crippen LogP contribution in [0.15, 0.2) is 24.4 Å². The first-order chi connectivity index (χ1) is 20.7. The number of carbonyl (C=O) groups is 4. The van der Waals surface area contributed by atoms with Crippen molar-refractivity contribution in [2.75, 3.05) is 27.7 Å². The van der Waals surface area contributed by atoms with Crippen LogP contribution >= 0.6 is 11.6 Å². The zero-order valence-electron chi connectivity index (χ0n) is 27.2. The predicted octanol–water partition coefficient (Wildman–Crippen LogP) is 5.31. The summed E-state index contributed by atoms with van der Waals surface area (Å²) in [5, 5.41) is 4.40. The van der Waals surface area contributed by atoms with E-state index in [2.05, 4.69) is 5.32 Å². The highest BCUT2D eigenvalue weighted by Gasteiger charge is 2.40. The molecule has 0 radical (unpaired) electrons. The Labute approximate surface area is 266 Å². The minimum Gasteiger partial charge on any atom is -0.444 e. The molecule has 0 bridgehead atoms. The number of ether oxygens (including phenoxy) is 1. The van der Waals surface area contributed by atoms with Gasteiger partial charge in [-0.25, -0.2) is 4.79 Å². The number of nitrogens with one attached hydrogen (secondary N) is 1. The van der Waals surface area contributed by atoms with Crippen LogP contribution in [-0.4, -0.2) is 94.5 Å². The van der Waals surface area contributed by atoms with E-state index in [9.17, 15) is 19.2 Å². The van der Waals surface area contributed by atoms with Crippen molar-refractivity contribution in [1.29, 1.82) is 0 Å². The fraction of sp³-hybridized carbons (Fsp3) is 0.636. The summed E-state index contributed by atoms with van der Waals surface area (Å²) in [6, 6.07) is 3.95. The lowest BCUT2D eigenvalue weighted by Crippen LogP contribution is -2.57. The van der Waals surface area contributed by atoms with Crippen LogP contribution in [0, 0.1) is 5.92 Å². The lowest BCUT2D eigenvalue weighted by atomic mass is 9.83. The number of fused-ring (bicyclic) bond motifs is 1. The Balaban J connectivity index is 1.56. The third-order valence-corrected chi connectivity index (χ3v) is 9.11. The molecule has 1 aliphatic carbocycles. The predicted molar refractivity (Wildman–Crippen MR) is 172 cm³/mol. The average Bonchev–Trinajstić information content (AvgIpc) is 3.58. The molecule has 1 saturated heterocycles. The molecule has 10 nitrogen and oxygen atoms in total. The van der Waals surface area contributed by atoms with Crippen LogP contribution in [-0.2, 0) is 20.9 Å². The largest absolute Gasteiger partial charge is 0.444 e. The van der Waals surface area contributed by atoms with E-state index < -0.39 is 23.8 Å². The molecule has 0 spiro atoms. The van der Waals surface area contributed by atoms with E-state index in [1.807, 2.05) is 33.9 Å². The smallest absolute Gasteiger partial charge is 0.410 e. The monoisotopic (exact) mass is 629 g/mol. The van der Waals surface area contributed by atoms with E-state index in [0.717, 1.165) is 55.8 Å². The first-order valence-electron chi connectivity index (χ1n) is 15.7. The summed E-state index contributed by atoms with van der Waals surface area (Å²) in [4.78, 5) is 58.2. The average molecular weight is 630 g/mol. The van der Waals surface area contributed by atoms with Gasteiger partial charge < -0.3 is 24.4 Å². The van der Waals surface area contributed by atoms with Gasteiger partial charge in [0.05, 0.1) is 5.56 Å². The van der Waals surface area contributed by atoms with Crippen LogP contribution in [0.1, 0.15) is 83.0 Å². The summed E-state index contributed by atoms with van der Waals surface area (Å²) < 4.78 is 7.50. The van der Waals surface area contributed by atoms with Gasteiger partial charge in [-0.1, -0.05) is 30.9 Å². The maximum Gasteiger partial charge on any atom is 0.410 e. The normalized spacial score (nSPS) is 19.0. The quantitative estimate of drug-likeness (QED) is 0.426. The molecule has 11 heteroatoms. The number of benzene rings is 1. The summed E-state index contributed by atoms with van der Waals surface area (Å²) >= 11 is 6.31. The van der Waals surface area contributed by atoms with Crippen molar-refractivity contribution in [2.45, 2.75) is 103 Å². The zero-order valence-corrected chi connectivity index (χ0v) is 27.9. The van der Waals surface area contributed by atoms with Crippen molar-refractivity contribution < 1.29 is 23.9 Å². The third-order valence-electron chi connectivity index (χ3n) is 8.87. The molecule has 4 amide bonds. The van der Waals surface area contributed by atoms with E-state index in [-0.39, 0.29) is 29.7 Å². The number of carbonyl (C=O) groups excluding carboxylic acids is 4. The van der Waals surface area contributed by atoms with Gasteiger partial charge in [-0.3, -0.25) is 19.3 Å². The van der Waals surface area contributed by atoms with Crippen molar-refractivity contribution in [3.8, 4) is 0 Å². The fourth-order valence-electron chi connectivity index (χ4n) is 6.34. The molecule has 2 fully saturated rings. The number of likely N-dealkylation sites (N-methyl/N-ethyl adjacent to an activating group) is 1. The number of rotatable bonds is 8. The zero-order chi connectivity index (χ0) is 32.3. The first kappa shape index (κ1) is 33.6. The van der Waals surface area contributed by atoms with Crippen LogP contribution in [0.4, 0.5) is 4.79 Å². The number of nitrogens with zero attached hydrogens (tertiary/aromatic N) is 4. The van der Waals surface area contributed by atoms with E-state index in [0.29, 0.717) is 23.7 Å². The molecule has 2 heterocycles. The number of hydrogen-bond donors (Lipinski definition) is 1. The lowest BCUT2D eigenvalue weighted by molar-refractivity contribution is -0.140. The second-order valence-corrected chi connectivity index (χ2v) is 14.0. The van der Waals surface area contributed by atoms with Crippen LogP contribution in [0.2, 0.25) is 5.02 Å². The van der Waals surface area contributed by atoms with Gasteiger partial charge in [0.25, 0.3) is 5.91 Å². The van der Waals surface area contributed by atoms with E-state index >= 15 is 0 Å². The Morgan fingerprint density at radius 3 is 2.36 bits per heavy atom. The van der Waals surface area contributed by atoms with Crippen LogP contribution < -0.4 is 5.32 Å². The number of amides is 4. The number of likely N-dealkylation sites (tertiary alicyclic amines) is 1. The summed E-state index contributed by atoms with van der Waals surface area (Å²) in [5.74, 6) is -0.539. The van der Waals surface area contributed by atoms with Crippen LogP contribution in [0.3, 0.4) is 0 Å². The molecule has 3 atom stereocenters. The Morgan fingerprint density at radius 1 is 1.05 bits per heavy atom. The number of aromatic nitrogens is 1. The molecule has 1 aliphatic heterocycles. The van der Waals surface area contributed by atoms with Crippen molar-refractivity contribution in [1.82, 2.24) is 24.6 Å². The van der Waals surface area contributed by atoms with Gasteiger partial charge in [0, 0.05) is 62.4 Å². The van der Waals surface area contributed by atoms with E-state index in [4.69, 9.17) is 16.3 Å². The SMILES string of the molecule is C[C@@H](C(=O)N[C@H](C(=O)N1CCCC1Cn1cc(C(=O)N(C)C)c2cc(Cl)ccc21)C1CCCCC1)N(C)C(=O)OC(C)(C)C. The van der Waals surface area contributed by atoms with Crippen LogP contribution in [0.5, 0.6) is 0 Å². The molecule has 2 aromatic rings. The van der Waals surface area contributed by atoms with Gasteiger partial charge in [0.1, 0.15) is 17.7 Å². The Bertz CT molecular complexity index is 1380. The van der Waals surface area contributed by atoms with Gasteiger partial charge in [-0.2, -0.15) is 0 Å². The highest BCUT2D eigenvalue weighted by Crippen LogP contribution is 2.31. The minimum absolute atomic E-state index is 0.0272. The fourth-order valence-corrected chi connectivity index (χ4v) is 6.52. The molecular weight excluding hydrogens is 582 g/mol. The molecule has 1 saturated carbocycles. The van der Waals surface area contributed by atoms with Gasteiger partial charge >= 0.3 is 6.09 Å². The topological polar surface area (TPSA) is 104 Å². The Kier molecular flexibility index (Phi) is 10.5. The third kappa shape index (κ3) is 7.68. The lowest BCUT2D eigenvalue weighted by Gasteiger charge is -2.36. The van der Waals surface area contributed by atoms with Crippen molar-refractivity contribution in [3.63, 3.8) is 0 Å². The molecule has 44 heavy (non-hydrogen) atoms. The molecule has 2 aliphatic rings. The minimum atomic E-state index is -0.816. The molecule has 1 N–H and O–H groups in total. The van der Waals surface area contributed by atoms with Gasteiger partial charge in [-0.15, -0.1) is 0 Å². The molecular formula is C33H48ClN5O5. The molecule has 1 aromatic heterocycles. The van der Waals surface area contributed by atoms with Crippen molar-refractivity contribution in [3.05, 3.63) is 35.0 Å². The summed E-state index contributed by atoms with van der Waals surface area (Å²) in [7, 11) is 4.98. The van der Waals surface area contributed by atoms with Gasteiger partial charge in [-0.05, 0) is 77.5 Å². The molecule has 1 aromatic carbocycles. The van der Waals surface area contributed by atoms with E-state index in [1.165, 1.54) is 11.9 Å². The van der Waals surface area contributed by atoms with Gasteiger partial charge in [0.2, 0.25) is 11.8 Å². The maximum atomic E-state index is 14.3. The summed E-state index contributed by atoms with van der Waals surface area (Å²) in [6.45, 7) is 8.11. The maximum absolute atomic E-state index is 14.3. The standard InChI is InChI=1S/C33H48ClN5O5/c1-21(37(7)32(43)44-33(2,3)4)29(40)35-28(22-12-9-8-10-13-22)31(42)39-17-11-14-24(39)19-38-20-26(30(41)36(5)6)25-18-23(34)15-16-27(25)38/h15-16,18,20-22,24,28H,8-14,17,19H2,1-7H3,(H,35,40)/t21-,24?,28-/m0/s1. The van der Waals surface area contributed by atoms with Crippen molar-refractivity contribution >= 4 is 46.3 Å². The Hall–Kier alpha value is -3.27. The van der Waals surface area contributed by atoms with Crippen molar-refractivity contribution in [2.24, 2.45) is 5.92 Å². The van der Waals surface area contributed by atoms with E-state index in [1.54, 1.807) is 46.7 Å². The molecule has 1 unspecified atom stereocenters. The number of hydrogen-bond acceptors (Lipinski definition) is 5. The highest BCUT2D eigenvalue weighted by molar-refractivity contribution is 6.31. The highest BCUT2D eigenvalue weighted by atomic mass is 35.5. The molecule has 242 valence electrons. The summed E-state index contributed by atoms with van der Waals surface area (Å²) in [6.07, 6.45) is 7.83. The first-order valence-corrected chi connectivity index (χ1v) is 16.1. The number of halogens is 1. The second kappa shape index (κ2) is 13.8. The molecule has 4 rings (SSSR count). The van der Waals surface area contributed by atoms with Crippen LogP contribution in [0.25, 0.3) is 10.9 Å². The second-order valence-electron chi connectivity index (χ2n) is 13.5. The summed E-state index contributed by atoms with van der Waals surface area (Å²) in [5.41, 5.74) is 0.763.